The molecule has 0 aliphatic carbocycles. The molecular formula is C51H33NS. The maximum atomic E-state index is 5.66. The standard InChI is InChI=1S/C51H33NS/c1-3-17-39(18-4-1)53(40-19-5-2-6-20-40)47-25-12-11-22-43(47)44-30-29-37(33-48(44)53)42-23-13-24-45-49-41-21-10-9-15-35(41)28-31-46(49)50(52-51(42)45)38-27-26-34-14-7-8-16-36(34)32-38/h1-33H. The average molecular weight is 692 g/mol. The van der Waals surface area contributed by atoms with Gasteiger partial charge >= 0.3 is 0 Å². The third kappa shape index (κ3) is 4.43. The van der Waals surface area contributed by atoms with Crippen molar-refractivity contribution in [2.45, 2.75) is 19.6 Å². The number of rotatable bonds is 4. The van der Waals surface area contributed by atoms with E-state index in [-0.39, 0.29) is 0 Å². The number of pyridine rings is 1. The summed E-state index contributed by atoms with van der Waals surface area (Å²) in [6.07, 6.45) is 0. The Bertz CT molecular complexity index is 3020. The first-order valence-corrected chi connectivity index (χ1v) is 19.8. The molecule has 0 saturated heterocycles. The molecule has 0 saturated carbocycles. The molecule has 10 aromatic rings. The lowest BCUT2D eigenvalue weighted by atomic mass is 9.92. The second kappa shape index (κ2) is 11.8. The molecule has 0 bridgehead atoms. The van der Waals surface area contributed by atoms with Gasteiger partial charge in [-0.15, -0.1) is 10.0 Å². The zero-order chi connectivity index (χ0) is 34.9. The van der Waals surface area contributed by atoms with Crippen molar-refractivity contribution in [1.82, 2.24) is 4.98 Å². The summed E-state index contributed by atoms with van der Waals surface area (Å²) in [6, 6.07) is 73.9. The highest BCUT2D eigenvalue weighted by Crippen LogP contribution is 2.80. The largest absolute Gasteiger partial charge is 0.246 e. The molecule has 1 aromatic heterocycles. The molecule has 0 spiro atoms. The minimum Gasteiger partial charge on any atom is -0.246 e. The van der Waals surface area contributed by atoms with E-state index in [1.165, 1.54) is 74.0 Å². The highest BCUT2D eigenvalue weighted by atomic mass is 32.3. The van der Waals surface area contributed by atoms with E-state index >= 15 is 0 Å². The second-order valence-electron chi connectivity index (χ2n) is 13.9. The number of nitrogens with zero attached hydrogens (tertiary/aromatic N) is 1. The SMILES string of the molecule is c1ccc(S2(c3ccccc3)c3ccccc3-c3ccc(-c4cccc5c4nc(-c4ccc6ccccc6c4)c4ccc6ccccc6c45)cc32)cc1. The molecule has 0 fully saturated rings. The van der Waals surface area contributed by atoms with Crippen LogP contribution in [0.1, 0.15) is 0 Å². The van der Waals surface area contributed by atoms with Crippen LogP contribution in [0.25, 0.3) is 76.7 Å². The zero-order valence-corrected chi connectivity index (χ0v) is 29.7. The summed E-state index contributed by atoms with van der Waals surface area (Å²) in [5.74, 6) is 0. The monoisotopic (exact) mass is 691 g/mol. The summed E-state index contributed by atoms with van der Waals surface area (Å²) in [5, 5.41) is 8.52. The van der Waals surface area contributed by atoms with E-state index in [9.17, 15) is 0 Å². The Morgan fingerprint density at radius 2 is 0.943 bits per heavy atom. The van der Waals surface area contributed by atoms with E-state index in [4.69, 9.17) is 4.98 Å². The van der Waals surface area contributed by atoms with E-state index in [1.54, 1.807) is 0 Å². The van der Waals surface area contributed by atoms with Crippen LogP contribution in [-0.4, -0.2) is 4.98 Å². The summed E-state index contributed by atoms with van der Waals surface area (Å²) >= 11 is 0. The fraction of sp³-hybridized carbons (Fsp3) is 0. The number of para-hydroxylation sites is 1. The molecule has 0 N–H and O–H groups in total. The molecule has 1 nitrogen and oxygen atoms in total. The molecular weight excluding hydrogens is 659 g/mol. The summed E-state index contributed by atoms with van der Waals surface area (Å²) in [4.78, 5) is 11.1. The minimum absolute atomic E-state index is 1.01. The van der Waals surface area contributed by atoms with E-state index in [2.05, 4.69) is 200 Å². The van der Waals surface area contributed by atoms with E-state index in [0.29, 0.717) is 0 Å². The number of aromatic nitrogens is 1. The molecule has 0 amide bonds. The van der Waals surface area contributed by atoms with Gasteiger partial charge in [-0.25, -0.2) is 4.98 Å². The lowest BCUT2D eigenvalue weighted by Gasteiger charge is -2.39. The first kappa shape index (κ1) is 30.2. The van der Waals surface area contributed by atoms with Crippen molar-refractivity contribution in [2.75, 3.05) is 0 Å². The van der Waals surface area contributed by atoms with Crippen molar-refractivity contribution in [3.8, 4) is 33.5 Å². The van der Waals surface area contributed by atoms with Gasteiger partial charge in [-0.3, -0.25) is 0 Å². The smallest absolute Gasteiger partial charge is 0.0794 e. The maximum absolute atomic E-state index is 5.66. The van der Waals surface area contributed by atoms with Gasteiger partial charge in [0.2, 0.25) is 0 Å². The van der Waals surface area contributed by atoms with E-state index in [1.807, 2.05) is 0 Å². The van der Waals surface area contributed by atoms with Gasteiger partial charge in [-0.2, -0.15) is 0 Å². The zero-order valence-electron chi connectivity index (χ0n) is 28.9. The molecule has 1 aliphatic rings. The van der Waals surface area contributed by atoms with Gasteiger partial charge in [0.05, 0.1) is 11.2 Å². The number of hydrogen-bond donors (Lipinski definition) is 0. The third-order valence-corrected chi connectivity index (χ3v) is 15.0. The third-order valence-electron chi connectivity index (χ3n) is 11.1. The Morgan fingerprint density at radius 3 is 1.75 bits per heavy atom. The summed E-state index contributed by atoms with van der Waals surface area (Å²) in [6.45, 7) is 0. The fourth-order valence-electron chi connectivity index (χ4n) is 8.72. The number of benzene rings is 9. The lowest BCUT2D eigenvalue weighted by Crippen LogP contribution is -2.02. The van der Waals surface area contributed by atoms with E-state index < -0.39 is 10.0 Å². The van der Waals surface area contributed by atoms with Crippen LogP contribution >= 0.6 is 10.0 Å². The topological polar surface area (TPSA) is 12.9 Å². The van der Waals surface area contributed by atoms with E-state index in [0.717, 1.165) is 22.3 Å². The van der Waals surface area contributed by atoms with Crippen LogP contribution in [0.15, 0.2) is 220 Å². The summed E-state index contributed by atoms with van der Waals surface area (Å²) in [5.41, 5.74) is 8.13. The Balaban J connectivity index is 1.23. The quantitative estimate of drug-likeness (QED) is 0.167. The van der Waals surface area contributed by atoms with Crippen molar-refractivity contribution in [2.24, 2.45) is 0 Å². The predicted octanol–water partition coefficient (Wildman–Crippen LogP) is 14.3. The molecule has 1 aliphatic heterocycles. The van der Waals surface area contributed by atoms with Crippen LogP contribution in [0.4, 0.5) is 0 Å². The van der Waals surface area contributed by atoms with Crippen LogP contribution in [0.3, 0.4) is 0 Å². The Kier molecular flexibility index (Phi) is 6.71. The second-order valence-corrected chi connectivity index (χ2v) is 16.9. The van der Waals surface area contributed by atoms with Gasteiger partial charge in [0.25, 0.3) is 0 Å². The normalized spacial score (nSPS) is 13.7. The van der Waals surface area contributed by atoms with Crippen LogP contribution in [-0.2, 0) is 0 Å². The number of hydrogen-bond acceptors (Lipinski definition) is 1. The molecule has 0 unspecified atom stereocenters. The molecule has 2 heteroatoms. The van der Waals surface area contributed by atoms with Crippen LogP contribution in [0.2, 0.25) is 0 Å². The Labute approximate surface area is 310 Å². The Hall–Kier alpha value is -6.48. The summed E-state index contributed by atoms with van der Waals surface area (Å²) in [7, 11) is -1.78. The highest BCUT2D eigenvalue weighted by molar-refractivity contribution is 8.34. The van der Waals surface area contributed by atoms with Crippen molar-refractivity contribution < 1.29 is 0 Å². The van der Waals surface area contributed by atoms with Crippen LogP contribution in [0, 0.1) is 0 Å². The lowest BCUT2D eigenvalue weighted by molar-refractivity contribution is 1.29. The minimum atomic E-state index is -1.78. The molecule has 248 valence electrons. The van der Waals surface area contributed by atoms with Gasteiger partial charge in [0.15, 0.2) is 0 Å². The van der Waals surface area contributed by atoms with Crippen LogP contribution < -0.4 is 0 Å². The first-order valence-electron chi connectivity index (χ1n) is 18.2. The van der Waals surface area contributed by atoms with Gasteiger partial charge in [-0.1, -0.05) is 158 Å². The summed E-state index contributed by atoms with van der Waals surface area (Å²) < 4.78 is 0. The Morgan fingerprint density at radius 1 is 0.340 bits per heavy atom. The van der Waals surface area contributed by atoms with Crippen molar-refractivity contribution in [3.05, 3.63) is 200 Å². The van der Waals surface area contributed by atoms with Gasteiger partial charge in [-0.05, 0) is 80.7 Å². The van der Waals surface area contributed by atoms with Crippen molar-refractivity contribution in [1.29, 1.82) is 0 Å². The maximum Gasteiger partial charge on any atom is 0.0794 e. The van der Waals surface area contributed by atoms with Crippen molar-refractivity contribution >= 4 is 53.2 Å². The molecule has 0 atom stereocenters. The average Bonchev–Trinajstić information content (AvgIpc) is 3.53. The van der Waals surface area contributed by atoms with Gasteiger partial charge in [0, 0.05) is 46.9 Å². The van der Waals surface area contributed by atoms with Crippen molar-refractivity contribution in [3.63, 3.8) is 0 Å². The van der Waals surface area contributed by atoms with Gasteiger partial charge in [0.1, 0.15) is 0 Å². The number of fused-ring (bicyclic) bond motifs is 9. The first-order chi connectivity index (χ1) is 26.3. The predicted molar refractivity (Wildman–Crippen MR) is 224 cm³/mol. The molecule has 53 heavy (non-hydrogen) atoms. The molecule has 11 rings (SSSR count). The molecule has 2 heterocycles. The molecule has 9 aromatic carbocycles. The highest BCUT2D eigenvalue weighted by Gasteiger charge is 2.42. The van der Waals surface area contributed by atoms with Gasteiger partial charge < -0.3 is 0 Å². The molecule has 0 radical (unpaired) electrons. The van der Waals surface area contributed by atoms with Crippen LogP contribution in [0.5, 0.6) is 0 Å². The fourth-order valence-corrected chi connectivity index (χ4v) is 13.0.